The van der Waals surface area contributed by atoms with Crippen LogP contribution in [-0.2, 0) is 0 Å². The standard InChI is InChI=1S/C17H16N2O/c1-10-6-4-8-14-15(10)12(9-19-14)17(20)16-11(2)5-3-7-13(16)18/h3-9,19H,18H2,1-2H3. The van der Waals surface area contributed by atoms with Crippen LogP contribution < -0.4 is 5.73 Å². The number of benzene rings is 2. The number of aromatic nitrogens is 1. The maximum Gasteiger partial charge on any atom is 0.197 e. The van der Waals surface area contributed by atoms with Crippen molar-refractivity contribution < 1.29 is 4.79 Å². The molecule has 0 aliphatic heterocycles. The Bertz CT molecular complexity index is 795. The predicted molar refractivity (Wildman–Crippen MR) is 82.1 cm³/mol. The van der Waals surface area contributed by atoms with Gasteiger partial charge in [0.1, 0.15) is 0 Å². The maximum absolute atomic E-state index is 12.8. The molecule has 100 valence electrons. The number of aromatic amines is 1. The number of hydrogen-bond acceptors (Lipinski definition) is 2. The van der Waals surface area contributed by atoms with Crippen molar-refractivity contribution in [3.63, 3.8) is 0 Å². The second-order valence-corrected chi connectivity index (χ2v) is 5.07. The van der Waals surface area contributed by atoms with Crippen LogP contribution in [0.1, 0.15) is 27.0 Å². The van der Waals surface area contributed by atoms with Crippen LogP contribution >= 0.6 is 0 Å². The summed E-state index contributed by atoms with van der Waals surface area (Å²) in [5, 5.41) is 0.972. The first-order valence-corrected chi connectivity index (χ1v) is 6.56. The summed E-state index contributed by atoms with van der Waals surface area (Å²) in [6.07, 6.45) is 1.77. The van der Waals surface area contributed by atoms with Crippen LogP contribution in [0.4, 0.5) is 5.69 Å². The largest absolute Gasteiger partial charge is 0.398 e. The van der Waals surface area contributed by atoms with E-state index in [0.717, 1.165) is 22.0 Å². The smallest absolute Gasteiger partial charge is 0.197 e. The van der Waals surface area contributed by atoms with Crippen molar-refractivity contribution >= 4 is 22.4 Å². The molecule has 0 amide bonds. The topological polar surface area (TPSA) is 58.9 Å². The molecule has 1 heterocycles. The first-order chi connectivity index (χ1) is 9.59. The minimum absolute atomic E-state index is 0.0267. The van der Waals surface area contributed by atoms with Gasteiger partial charge in [-0.2, -0.15) is 0 Å². The molecule has 0 saturated heterocycles. The average molecular weight is 264 g/mol. The molecule has 3 N–H and O–H groups in total. The SMILES string of the molecule is Cc1cccc(N)c1C(=O)c1c[nH]c2cccc(C)c12. The first-order valence-electron chi connectivity index (χ1n) is 6.56. The van der Waals surface area contributed by atoms with Gasteiger partial charge in [-0.05, 0) is 37.1 Å². The normalized spacial score (nSPS) is 10.9. The summed E-state index contributed by atoms with van der Waals surface area (Å²) >= 11 is 0. The van der Waals surface area contributed by atoms with Crippen LogP contribution in [0.3, 0.4) is 0 Å². The molecule has 0 spiro atoms. The van der Waals surface area contributed by atoms with Crippen LogP contribution in [0.2, 0.25) is 0 Å². The molecule has 3 heteroatoms. The van der Waals surface area contributed by atoms with E-state index < -0.39 is 0 Å². The highest BCUT2D eigenvalue weighted by molar-refractivity contribution is 6.19. The Morgan fingerprint density at radius 3 is 2.50 bits per heavy atom. The Balaban J connectivity index is 2.24. The van der Waals surface area contributed by atoms with E-state index in [2.05, 4.69) is 4.98 Å². The molecule has 0 fully saturated rings. The number of nitrogens with two attached hydrogens (primary N) is 1. The van der Waals surface area contributed by atoms with Gasteiger partial charge < -0.3 is 10.7 Å². The number of carbonyl (C=O) groups is 1. The van der Waals surface area contributed by atoms with Gasteiger partial charge in [0.25, 0.3) is 0 Å². The number of fused-ring (bicyclic) bond motifs is 1. The molecule has 0 bridgehead atoms. The number of anilines is 1. The van der Waals surface area contributed by atoms with Crippen LogP contribution in [0.25, 0.3) is 10.9 Å². The van der Waals surface area contributed by atoms with E-state index in [0.29, 0.717) is 16.8 Å². The number of ketones is 1. The second kappa shape index (κ2) is 4.53. The first kappa shape index (κ1) is 12.5. The average Bonchev–Trinajstić information content (AvgIpc) is 2.83. The van der Waals surface area contributed by atoms with Crippen molar-refractivity contribution in [1.82, 2.24) is 4.98 Å². The van der Waals surface area contributed by atoms with Crippen LogP contribution in [0.15, 0.2) is 42.6 Å². The zero-order valence-electron chi connectivity index (χ0n) is 11.5. The number of rotatable bonds is 2. The van der Waals surface area contributed by atoms with Gasteiger partial charge in [0, 0.05) is 33.9 Å². The molecule has 3 aromatic rings. The van der Waals surface area contributed by atoms with E-state index in [-0.39, 0.29) is 5.78 Å². The molecule has 3 rings (SSSR count). The molecule has 3 nitrogen and oxygen atoms in total. The minimum Gasteiger partial charge on any atom is -0.398 e. The Morgan fingerprint density at radius 1 is 1.05 bits per heavy atom. The highest BCUT2D eigenvalue weighted by atomic mass is 16.1. The lowest BCUT2D eigenvalue weighted by atomic mass is 9.96. The summed E-state index contributed by atoms with van der Waals surface area (Å²) in [7, 11) is 0. The van der Waals surface area contributed by atoms with Gasteiger partial charge in [0.15, 0.2) is 5.78 Å². The van der Waals surface area contributed by atoms with Crippen molar-refractivity contribution in [1.29, 1.82) is 0 Å². The van der Waals surface area contributed by atoms with E-state index in [1.165, 1.54) is 0 Å². The highest BCUT2D eigenvalue weighted by Crippen LogP contribution is 2.27. The monoisotopic (exact) mass is 264 g/mol. The van der Waals surface area contributed by atoms with Gasteiger partial charge >= 0.3 is 0 Å². The number of nitrogen functional groups attached to an aromatic ring is 1. The quantitative estimate of drug-likeness (QED) is 0.549. The fraction of sp³-hybridized carbons (Fsp3) is 0.118. The summed E-state index contributed by atoms with van der Waals surface area (Å²) < 4.78 is 0. The molecule has 0 aliphatic rings. The van der Waals surface area contributed by atoms with Crippen LogP contribution in [0, 0.1) is 13.8 Å². The molecule has 0 radical (unpaired) electrons. The second-order valence-electron chi connectivity index (χ2n) is 5.07. The molecule has 0 unspecified atom stereocenters. The third-order valence-corrected chi connectivity index (χ3v) is 3.69. The Morgan fingerprint density at radius 2 is 1.75 bits per heavy atom. The van der Waals surface area contributed by atoms with Gasteiger partial charge in [0.05, 0.1) is 0 Å². The van der Waals surface area contributed by atoms with Crippen LogP contribution in [0.5, 0.6) is 0 Å². The zero-order valence-corrected chi connectivity index (χ0v) is 11.5. The summed E-state index contributed by atoms with van der Waals surface area (Å²) in [5.74, 6) is -0.0267. The molecular weight excluding hydrogens is 248 g/mol. The molecule has 0 aliphatic carbocycles. The number of nitrogens with one attached hydrogen (secondary N) is 1. The van der Waals surface area contributed by atoms with Gasteiger partial charge in [-0.1, -0.05) is 24.3 Å². The lowest BCUT2D eigenvalue weighted by molar-refractivity contribution is 0.104. The van der Waals surface area contributed by atoms with Crippen molar-refractivity contribution in [3.8, 4) is 0 Å². The molecule has 0 saturated carbocycles. The Hall–Kier alpha value is -2.55. The van der Waals surface area contributed by atoms with Crippen molar-refractivity contribution in [2.24, 2.45) is 0 Å². The molecule has 1 aromatic heterocycles. The van der Waals surface area contributed by atoms with Crippen molar-refractivity contribution in [2.45, 2.75) is 13.8 Å². The molecule has 2 aromatic carbocycles. The fourth-order valence-electron chi connectivity index (χ4n) is 2.68. The lowest BCUT2D eigenvalue weighted by Gasteiger charge is -2.08. The zero-order chi connectivity index (χ0) is 14.3. The summed E-state index contributed by atoms with van der Waals surface area (Å²) in [5.41, 5.74) is 10.7. The third-order valence-electron chi connectivity index (χ3n) is 3.69. The fourth-order valence-corrected chi connectivity index (χ4v) is 2.68. The minimum atomic E-state index is -0.0267. The van der Waals surface area contributed by atoms with Gasteiger partial charge in [-0.3, -0.25) is 4.79 Å². The molecule has 20 heavy (non-hydrogen) atoms. The molecule has 0 atom stereocenters. The lowest BCUT2D eigenvalue weighted by Crippen LogP contribution is -2.07. The van der Waals surface area contributed by atoms with Crippen molar-refractivity contribution in [3.05, 3.63) is 64.8 Å². The third kappa shape index (κ3) is 1.79. The van der Waals surface area contributed by atoms with Crippen LogP contribution in [-0.4, -0.2) is 10.8 Å². The van der Waals surface area contributed by atoms with Crippen molar-refractivity contribution in [2.75, 3.05) is 5.73 Å². The van der Waals surface area contributed by atoms with Gasteiger partial charge in [-0.15, -0.1) is 0 Å². The van der Waals surface area contributed by atoms with Gasteiger partial charge in [-0.25, -0.2) is 0 Å². The van der Waals surface area contributed by atoms with E-state index in [1.807, 2.05) is 44.2 Å². The van der Waals surface area contributed by atoms with E-state index in [1.54, 1.807) is 12.3 Å². The van der Waals surface area contributed by atoms with E-state index >= 15 is 0 Å². The number of hydrogen-bond donors (Lipinski definition) is 2. The Labute approximate surface area is 117 Å². The van der Waals surface area contributed by atoms with E-state index in [4.69, 9.17) is 5.73 Å². The van der Waals surface area contributed by atoms with E-state index in [9.17, 15) is 4.79 Å². The maximum atomic E-state index is 12.8. The number of H-pyrrole nitrogens is 1. The summed E-state index contributed by atoms with van der Waals surface area (Å²) in [6.45, 7) is 3.92. The van der Waals surface area contributed by atoms with Gasteiger partial charge in [0.2, 0.25) is 0 Å². The predicted octanol–water partition coefficient (Wildman–Crippen LogP) is 3.60. The summed E-state index contributed by atoms with van der Waals surface area (Å²) in [4.78, 5) is 16.0. The highest BCUT2D eigenvalue weighted by Gasteiger charge is 2.19. The Kier molecular flexibility index (Phi) is 2.83. The number of aryl methyl sites for hydroxylation is 2. The number of carbonyl (C=O) groups excluding carboxylic acids is 1. The molecular formula is C17H16N2O. The summed E-state index contributed by atoms with van der Waals surface area (Å²) in [6, 6.07) is 11.5.